The second kappa shape index (κ2) is 14.7. The third kappa shape index (κ3) is 6.06. The Kier molecular flexibility index (Phi) is 4.91. The lowest BCUT2D eigenvalue weighted by Crippen LogP contribution is -2.10. The van der Waals surface area contributed by atoms with Gasteiger partial charge in [0.2, 0.25) is 11.9 Å². The van der Waals surface area contributed by atoms with Crippen LogP contribution in [0.2, 0.25) is 0 Å². The van der Waals surface area contributed by atoms with Gasteiger partial charge in [0.1, 0.15) is 0 Å². The molecule has 290 valence electrons. The molecule has 0 bridgehead atoms. The third-order valence-corrected chi connectivity index (χ3v) is 10.6. The molecule has 3 heterocycles. The summed E-state index contributed by atoms with van der Waals surface area (Å²) in [6.45, 7) is 0. The van der Waals surface area contributed by atoms with Crippen LogP contribution in [0.15, 0.2) is 224 Å². The van der Waals surface area contributed by atoms with E-state index in [0.29, 0.717) is 0 Å². The lowest BCUT2D eigenvalue weighted by Gasteiger charge is -2.13. The largest absolute Gasteiger partial charge is 0.278 e. The van der Waals surface area contributed by atoms with Crippen molar-refractivity contribution in [2.45, 2.75) is 0 Å². The van der Waals surface area contributed by atoms with Crippen LogP contribution in [0.4, 0.5) is 0 Å². The predicted octanol–water partition coefficient (Wildman–Crippen LogP) is 14.4. The van der Waals surface area contributed by atoms with Crippen LogP contribution in [-0.2, 0) is 0 Å². The average molecular weight is 812 g/mol. The van der Waals surface area contributed by atoms with Crippen molar-refractivity contribution in [3.8, 4) is 67.8 Å². The summed E-state index contributed by atoms with van der Waals surface area (Å²) in [6.07, 6.45) is 0. The Hall–Kier alpha value is -8.41. The summed E-state index contributed by atoms with van der Waals surface area (Å²) in [6, 6.07) is 17.7. The summed E-state index contributed by atoms with van der Waals surface area (Å²) in [5.74, 6) is -1.37. The number of nitrogens with zero attached hydrogens (tertiary/aromatic N) is 5. The average Bonchev–Trinajstić information content (AvgIpc) is 1.87. The van der Waals surface area contributed by atoms with Gasteiger partial charge in [0, 0.05) is 27.1 Å². The first-order valence-electron chi connectivity index (χ1n) is 29.3. The first-order chi connectivity index (χ1) is 39.0. The number of fused-ring (bicyclic) bond motifs is 6. The van der Waals surface area contributed by atoms with E-state index >= 15 is 0 Å². The molecule has 3 aromatic heterocycles. The summed E-state index contributed by atoms with van der Waals surface area (Å²) in [5.41, 5.74) is 2.85. The fraction of sp³-hybridized carbons (Fsp3) is 0. The predicted molar refractivity (Wildman–Crippen MR) is 256 cm³/mol. The zero-order valence-electron chi connectivity index (χ0n) is 52.1. The van der Waals surface area contributed by atoms with Gasteiger partial charge in [0.05, 0.1) is 49.5 Å². The highest BCUT2D eigenvalue weighted by molar-refractivity contribution is 6.10. The van der Waals surface area contributed by atoms with E-state index in [9.17, 15) is 9.60 Å². The van der Waals surface area contributed by atoms with Crippen molar-refractivity contribution in [3.63, 3.8) is 0 Å². The molecule has 12 rings (SSSR count). The Labute approximate surface area is 386 Å². The summed E-state index contributed by atoms with van der Waals surface area (Å²) in [5, 5.41) is -1.43. The molecular weight excluding hydrogens is 755 g/mol. The molecule has 0 aliphatic carbocycles. The molecule has 0 aliphatic heterocycles. The maximum absolute atomic E-state index is 9.89. The van der Waals surface area contributed by atoms with Crippen molar-refractivity contribution in [2.24, 2.45) is 0 Å². The number of benzene rings is 9. The minimum Gasteiger partial charge on any atom is -0.278 e. The lowest BCUT2D eigenvalue weighted by molar-refractivity contribution is 0.893. The monoisotopic (exact) mass is 811 g/mol. The van der Waals surface area contributed by atoms with Crippen molar-refractivity contribution >= 4 is 43.6 Å². The van der Waals surface area contributed by atoms with Crippen molar-refractivity contribution in [1.82, 2.24) is 24.1 Å². The first kappa shape index (κ1) is 20.7. The number of hydrogen-bond acceptors (Lipinski definition) is 3. The zero-order chi connectivity index (χ0) is 58.4. The molecule has 0 amide bonds. The van der Waals surface area contributed by atoms with Gasteiger partial charge in [-0.3, -0.25) is 9.13 Å². The molecule has 0 fully saturated rings. The Morgan fingerprint density at radius 1 is 0.306 bits per heavy atom. The van der Waals surface area contributed by atoms with Gasteiger partial charge < -0.3 is 0 Å². The topological polar surface area (TPSA) is 48.5 Å². The van der Waals surface area contributed by atoms with Gasteiger partial charge in [0.25, 0.3) is 0 Å². The van der Waals surface area contributed by atoms with Gasteiger partial charge in [-0.05, 0) is 74.7 Å². The van der Waals surface area contributed by atoms with Crippen molar-refractivity contribution < 1.29 is 27.4 Å². The van der Waals surface area contributed by atoms with E-state index in [-0.39, 0.29) is 38.6 Å². The van der Waals surface area contributed by atoms with Crippen LogP contribution in [0.1, 0.15) is 27.4 Å². The zero-order valence-corrected chi connectivity index (χ0v) is 32.1. The van der Waals surface area contributed by atoms with Gasteiger partial charge in [-0.15, -0.1) is 0 Å². The van der Waals surface area contributed by atoms with Gasteiger partial charge in [-0.25, -0.2) is 0 Å². The van der Waals surface area contributed by atoms with E-state index in [1.807, 2.05) is 78.9 Å². The van der Waals surface area contributed by atoms with Crippen LogP contribution in [0, 0.1) is 0 Å². The van der Waals surface area contributed by atoms with Gasteiger partial charge in [-0.2, -0.15) is 15.0 Å². The normalized spacial score (nSPS) is 16.1. The van der Waals surface area contributed by atoms with E-state index in [0.717, 1.165) is 42.5 Å². The van der Waals surface area contributed by atoms with E-state index in [4.69, 9.17) is 32.8 Å². The summed E-state index contributed by atoms with van der Waals surface area (Å²) in [7, 11) is 0. The van der Waals surface area contributed by atoms with Crippen LogP contribution in [0.3, 0.4) is 0 Å². The van der Waals surface area contributed by atoms with Crippen molar-refractivity contribution in [2.75, 3.05) is 0 Å². The molecule has 0 unspecified atom stereocenters. The van der Waals surface area contributed by atoms with E-state index in [1.54, 1.807) is 24.3 Å². The highest BCUT2D eigenvalue weighted by atomic mass is 15.3. The molecule has 0 atom stereocenters. The fourth-order valence-electron chi connectivity index (χ4n) is 7.69. The molecule has 0 saturated heterocycles. The second-order valence-corrected chi connectivity index (χ2v) is 14.2. The standard InChI is InChI=1S/C57H37N5/c1-3-14-38(15-4-1)40-26-28-41(29-27-40)44-18-13-19-45(36-44)42-30-32-43(33-31-42)55-58-56(61-51-23-10-7-20-47(51)48-21-8-11-24-52(48)61)60-57(59-55)62-53-25-12-9-22-49(53)50-35-34-46(37-54(50)62)39-16-5-2-6-17-39/h1-37H/i2D,5D,6D,7D,8D,9D,10D,11D,12D,16D,17D,20D,21D,22D,23D,24D,25D,34D,35D,37D. The molecule has 5 nitrogen and oxygen atoms in total. The highest BCUT2D eigenvalue weighted by Crippen LogP contribution is 2.37. The fourth-order valence-corrected chi connectivity index (χ4v) is 7.69. The molecule has 0 aliphatic rings. The minimum absolute atomic E-state index is 0.230. The van der Waals surface area contributed by atoms with Crippen LogP contribution < -0.4 is 0 Å². The molecule has 0 radical (unpaired) electrons. The Morgan fingerprint density at radius 2 is 0.742 bits per heavy atom. The lowest BCUT2D eigenvalue weighted by atomic mass is 9.97. The number of rotatable bonds is 7. The number of para-hydroxylation sites is 3. The Morgan fingerprint density at radius 3 is 1.31 bits per heavy atom. The van der Waals surface area contributed by atoms with E-state index in [2.05, 4.69) is 0 Å². The highest BCUT2D eigenvalue weighted by Gasteiger charge is 2.21. The molecule has 9 aromatic carbocycles. The third-order valence-electron chi connectivity index (χ3n) is 10.6. The number of aromatic nitrogens is 5. The SMILES string of the molecule is [2H]c1c([2H])c([2H])c(-c2c([2H])c([2H])c3c4c([2H])c([2H])c([2H])c([2H])c4n(-c4nc(-c5ccc(-c6cccc(-c7ccc(-c8ccccc8)cc7)c6)cc5)nc(-n5c6c([2H])c([2H])c([2H])c([2H])c6c6c([2H])c([2H])c([2H])c([2H])c65)n4)c3c2[2H])c([2H])c1[2H]. The first-order valence-corrected chi connectivity index (χ1v) is 19.3. The smallest absolute Gasteiger partial charge is 0.240 e. The van der Waals surface area contributed by atoms with Gasteiger partial charge in [0.15, 0.2) is 5.82 Å². The second-order valence-electron chi connectivity index (χ2n) is 14.2. The van der Waals surface area contributed by atoms with Crippen LogP contribution in [-0.4, -0.2) is 24.1 Å². The molecule has 0 saturated carbocycles. The number of hydrogen-bond donors (Lipinski definition) is 0. The van der Waals surface area contributed by atoms with Crippen LogP contribution >= 0.6 is 0 Å². The molecule has 12 aromatic rings. The maximum Gasteiger partial charge on any atom is 0.240 e. The molecule has 5 heteroatoms. The molecular formula is C57H37N5. The molecule has 62 heavy (non-hydrogen) atoms. The quantitative estimate of drug-likeness (QED) is 0.161. The summed E-state index contributed by atoms with van der Waals surface area (Å²) < 4.78 is 181. The van der Waals surface area contributed by atoms with Crippen LogP contribution in [0.25, 0.3) is 111 Å². The minimum atomic E-state index is -0.823. The Balaban J connectivity index is 1.17. The van der Waals surface area contributed by atoms with E-state index < -0.39 is 160 Å². The van der Waals surface area contributed by atoms with Crippen LogP contribution in [0.5, 0.6) is 0 Å². The van der Waals surface area contributed by atoms with E-state index in [1.165, 1.54) is 0 Å². The van der Waals surface area contributed by atoms with Gasteiger partial charge in [-0.1, -0.05) is 194 Å². The maximum atomic E-state index is 9.89. The summed E-state index contributed by atoms with van der Waals surface area (Å²) >= 11 is 0. The Bertz CT molecular complexity index is 4690. The van der Waals surface area contributed by atoms with Crippen molar-refractivity contribution in [3.05, 3.63) is 224 Å². The molecule has 0 spiro atoms. The van der Waals surface area contributed by atoms with Gasteiger partial charge >= 0.3 is 0 Å². The molecule has 0 N–H and O–H groups in total. The summed E-state index contributed by atoms with van der Waals surface area (Å²) in [4.78, 5) is 14.5. The van der Waals surface area contributed by atoms with Crippen molar-refractivity contribution in [1.29, 1.82) is 0 Å².